The number of aromatic nitrogens is 2. The maximum atomic E-state index is 14.8. The Labute approximate surface area is 209 Å². The third-order valence-electron chi connectivity index (χ3n) is 6.85. The van der Waals surface area contributed by atoms with Crippen molar-refractivity contribution in [3.05, 3.63) is 46.9 Å². The van der Waals surface area contributed by atoms with Gasteiger partial charge in [-0.1, -0.05) is 25.8 Å². The third-order valence-corrected chi connectivity index (χ3v) is 6.85. The summed E-state index contributed by atoms with van der Waals surface area (Å²) in [4.78, 5) is 26.7. The molecule has 1 atom stereocenters. The van der Waals surface area contributed by atoms with Crippen LogP contribution in [0.5, 0.6) is 11.8 Å². The Bertz CT molecular complexity index is 1300. The second-order valence-corrected chi connectivity index (χ2v) is 9.55. The fraction of sp³-hybridized carbons (Fsp3) is 0.444. The summed E-state index contributed by atoms with van der Waals surface area (Å²) >= 11 is 0. The zero-order valence-corrected chi connectivity index (χ0v) is 20.6. The van der Waals surface area contributed by atoms with Crippen LogP contribution in [-0.2, 0) is 13.0 Å². The van der Waals surface area contributed by atoms with E-state index in [0.29, 0.717) is 45.5 Å². The van der Waals surface area contributed by atoms with Gasteiger partial charge in [0.1, 0.15) is 29.6 Å². The largest absolute Gasteiger partial charge is 0.508 e. The van der Waals surface area contributed by atoms with Gasteiger partial charge in [-0.2, -0.15) is 9.97 Å². The number of ether oxygens (including phenoxy) is 1. The van der Waals surface area contributed by atoms with Gasteiger partial charge in [0.05, 0.1) is 24.0 Å². The average Bonchev–Trinajstić information content (AvgIpc) is 3.01. The number of aliphatic hydroxyl groups excluding tert-OH is 1. The predicted molar refractivity (Wildman–Crippen MR) is 135 cm³/mol. The first-order valence-corrected chi connectivity index (χ1v) is 12.6. The number of amides is 1. The van der Waals surface area contributed by atoms with Crippen molar-refractivity contribution in [2.45, 2.75) is 58.6 Å². The summed E-state index contributed by atoms with van der Waals surface area (Å²) in [7, 11) is 0. The number of hydrogen-bond donors (Lipinski definition) is 2. The van der Waals surface area contributed by atoms with Crippen LogP contribution in [0.25, 0.3) is 10.8 Å². The second kappa shape index (κ2) is 9.89. The number of hydrogen-bond acceptors (Lipinski definition) is 7. The van der Waals surface area contributed by atoms with Crippen molar-refractivity contribution in [1.29, 1.82) is 0 Å². The van der Waals surface area contributed by atoms with Crippen molar-refractivity contribution < 1.29 is 24.1 Å². The van der Waals surface area contributed by atoms with Crippen molar-refractivity contribution in [1.82, 2.24) is 9.97 Å². The lowest BCUT2D eigenvalue weighted by Crippen LogP contribution is -2.29. The zero-order chi connectivity index (χ0) is 25.4. The van der Waals surface area contributed by atoms with Gasteiger partial charge in [0.2, 0.25) is 0 Å². The first kappa shape index (κ1) is 24.2. The van der Waals surface area contributed by atoms with E-state index in [1.807, 2.05) is 6.92 Å². The Balaban J connectivity index is 1.63. The number of phenolic OH excluding ortho intramolecular Hbond substituents is 1. The van der Waals surface area contributed by atoms with Crippen molar-refractivity contribution in [2.75, 3.05) is 29.5 Å². The Morgan fingerprint density at radius 3 is 2.58 bits per heavy atom. The van der Waals surface area contributed by atoms with Gasteiger partial charge in [0, 0.05) is 24.5 Å². The lowest BCUT2D eigenvalue weighted by Gasteiger charge is -2.24. The Morgan fingerprint density at radius 2 is 1.89 bits per heavy atom. The monoisotopic (exact) mass is 494 g/mol. The van der Waals surface area contributed by atoms with Crippen LogP contribution >= 0.6 is 0 Å². The maximum Gasteiger partial charge on any atom is 0.318 e. The molecular formula is C27H31FN4O4. The molecule has 9 heteroatoms. The zero-order valence-electron chi connectivity index (χ0n) is 20.6. The molecule has 1 amide bonds. The van der Waals surface area contributed by atoms with Gasteiger partial charge in [-0.3, -0.25) is 4.79 Å². The van der Waals surface area contributed by atoms with Crippen LogP contribution in [0, 0.1) is 5.82 Å². The topological polar surface area (TPSA) is 99.0 Å². The molecule has 0 radical (unpaired) electrons. The van der Waals surface area contributed by atoms with Crippen LogP contribution < -0.4 is 14.5 Å². The Morgan fingerprint density at radius 1 is 1.14 bits per heavy atom. The molecule has 3 heterocycles. The summed E-state index contributed by atoms with van der Waals surface area (Å²) in [5, 5.41) is 21.4. The molecule has 8 nitrogen and oxygen atoms in total. The van der Waals surface area contributed by atoms with E-state index in [0.717, 1.165) is 38.8 Å². The second-order valence-electron chi connectivity index (χ2n) is 9.55. The molecule has 0 aliphatic carbocycles. The summed E-state index contributed by atoms with van der Waals surface area (Å²) in [5.74, 6) is -0.111. The molecule has 0 bridgehead atoms. The molecule has 2 aromatic carbocycles. The van der Waals surface area contributed by atoms with Gasteiger partial charge in [-0.25, -0.2) is 4.39 Å². The molecule has 190 valence electrons. The van der Waals surface area contributed by atoms with E-state index in [2.05, 4.69) is 14.9 Å². The minimum absolute atomic E-state index is 0.00491. The highest BCUT2D eigenvalue weighted by Gasteiger charge is 2.37. The lowest BCUT2D eigenvalue weighted by molar-refractivity contribution is 0.0996. The summed E-state index contributed by atoms with van der Waals surface area (Å²) < 4.78 is 20.4. The normalized spacial score (nSPS) is 16.8. The number of rotatable bonds is 6. The fourth-order valence-electron chi connectivity index (χ4n) is 5.16. The van der Waals surface area contributed by atoms with E-state index in [1.54, 1.807) is 24.0 Å². The van der Waals surface area contributed by atoms with Gasteiger partial charge < -0.3 is 24.7 Å². The molecule has 2 aliphatic heterocycles. The number of aryl methyl sites for hydroxylation is 1. The molecule has 3 aromatic rings. The van der Waals surface area contributed by atoms with Gasteiger partial charge >= 0.3 is 6.01 Å². The van der Waals surface area contributed by atoms with Crippen LogP contribution in [0.1, 0.15) is 61.1 Å². The van der Waals surface area contributed by atoms with Gasteiger partial charge in [0.15, 0.2) is 0 Å². The van der Waals surface area contributed by atoms with E-state index in [9.17, 15) is 19.4 Å². The highest BCUT2D eigenvalue weighted by Crippen LogP contribution is 2.41. The number of aromatic hydroxyl groups is 1. The number of nitrogens with zero attached hydrogens (tertiary/aromatic N) is 4. The number of aliphatic hydroxyl groups is 1. The highest BCUT2D eigenvalue weighted by atomic mass is 19.1. The van der Waals surface area contributed by atoms with Crippen molar-refractivity contribution in [3.8, 4) is 11.8 Å². The Hall–Kier alpha value is -3.46. The number of halogens is 1. The predicted octanol–water partition coefficient (Wildman–Crippen LogP) is 4.34. The van der Waals surface area contributed by atoms with E-state index in [4.69, 9.17) is 4.74 Å². The van der Waals surface area contributed by atoms with Crippen molar-refractivity contribution in [3.63, 3.8) is 0 Å². The highest BCUT2D eigenvalue weighted by molar-refractivity contribution is 6.16. The van der Waals surface area contributed by atoms with Gasteiger partial charge in [0.25, 0.3) is 5.91 Å². The van der Waals surface area contributed by atoms with Crippen LogP contribution in [0.4, 0.5) is 15.9 Å². The average molecular weight is 495 g/mol. The van der Waals surface area contributed by atoms with Crippen molar-refractivity contribution >= 4 is 28.2 Å². The molecule has 1 unspecified atom stereocenters. The van der Waals surface area contributed by atoms with Crippen LogP contribution in [0.15, 0.2) is 24.3 Å². The Kier molecular flexibility index (Phi) is 6.66. The molecular weight excluding hydrogens is 463 g/mol. The molecule has 0 saturated carbocycles. The first-order valence-electron chi connectivity index (χ1n) is 12.6. The lowest BCUT2D eigenvalue weighted by atomic mass is 9.99. The molecule has 2 aliphatic rings. The third kappa shape index (κ3) is 4.43. The van der Waals surface area contributed by atoms with Crippen LogP contribution in [0.2, 0.25) is 0 Å². The van der Waals surface area contributed by atoms with Gasteiger partial charge in [-0.15, -0.1) is 0 Å². The van der Waals surface area contributed by atoms with Crippen LogP contribution in [0.3, 0.4) is 0 Å². The maximum absolute atomic E-state index is 14.8. The minimum atomic E-state index is -0.692. The van der Waals surface area contributed by atoms with Crippen molar-refractivity contribution in [2.24, 2.45) is 0 Å². The minimum Gasteiger partial charge on any atom is -0.508 e. The van der Waals surface area contributed by atoms with E-state index in [1.165, 1.54) is 12.1 Å². The number of anilines is 2. The standard InChI is InChI=1S/C27H31FN4O4/c1-3-19-20(28)9-8-17-12-18(34)13-22(23(17)19)32-14-21-24(26(32)35)25(31-10-6-4-5-7-11-31)30-27(29-21)36-15-16(2)33/h8-9,12-13,16,33-34H,3-7,10-11,14-15H2,1-2H3. The van der Waals surface area contributed by atoms with E-state index >= 15 is 0 Å². The molecule has 1 aromatic heterocycles. The SMILES string of the molecule is CCc1c(F)ccc2cc(O)cc(N3Cc4nc(OCC(C)O)nc(N5CCCCCC5)c4C3=O)c12. The summed E-state index contributed by atoms with van der Waals surface area (Å²) in [6.07, 6.45) is 3.98. The number of phenols is 1. The number of benzene rings is 2. The molecule has 1 fully saturated rings. The molecule has 0 spiro atoms. The number of fused-ring (bicyclic) bond motifs is 2. The molecule has 5 rings (SSSR count). The fourth-order valence-corrected chi connectivity index (χ4v) is 5.16. The number of carbonyl (C=O) groups is 1. The first-order chi connectivity index (χ1) is 17.4. The van der Waals surface area contributed by atoms with E-state index < -0.39 is 6.10 Å². The number of carbonyl (C=O) groups excluding carboxylic acids is 1. The van der Waals surface area contributed by atoms with Gasteiger partial charge in [-0.05, 0) is 49.3 Å². The molecule has 1 saturated heterocycles. The summed E-state index contributed by atoms with van der Waals surface area (Å²) in [6.45, 7) is 5.20. The smallest absolute Gasteiger partial charge is 0.318 e. The van der Waals surface area contributed by atoms with Crippen LogP contribution in [-0.4, -0.2) is 51.9 Å². The molecule has 2 N–H and O–H groups in total. The summed E-state index contributed by atoms with van der Waals surface area (Å²) in [5.41, 5.74) is 1.86. The van der Waals surface area contributed by atoms with E-state index in [-0.39, 0.29) is 36.6 Å². The quantitative estimate of drug-likeness (QED) is 0.526. The summed E-state index contributed by atoms with van der Waals surface area (Å²) in [6, 6.07) is 6.21. The molecule has 36 heavy (non-hydrogen) atoms.